The van der Waals surface area contributed by atoms with Crippen molar-refractivity contribution in [3.8, 4) is 0 Å². The SMILES string of the molecule is NC(=O)NC(=O)Cn1nncc1CO. The van der Waals surface area contributed by atoms with Crippen LogP contribution in [0.15, 0.2) is 6.20 Å². The quantitative estimate of drug-likeness (QED) is 0.517. The van der Waals surface area contributed by atoms with Crippen LogP contribution in [0.25, 0.3) is 0 Å². The number of carbonyl (C=O) groups is 2. The average Bonchev–Trinajstić information content (AvgIpc) is 2.50. The minimum Gasteiger partial charge on any atom is -0.390 e. The van der Waals surface area contributed by atoms with Gasteiger partial charge in [-0.3, -0.25) is 10.1 Å². The van der Waals surface area contributed by atoms with E-state index in [1.54, 1.807) is 0 Å². The van der Waals surface area contributed by atoms with E-state index in [0.717, 1.165) is 4.68 Å². The molecule has 0 atom stereocenters. The first-order valence-corrected chi connectivity index (χ1v) is 3.71. The van der Waals surface area contributed by atoms with E-state index >= 15 is 0 Å². The molecule has 8 heteroatoms. The molecule has 0 aliphatic carbocycles. The second-order valence-corrected chi connectivity index (χ2v) is 2.45. The van der Waals surface area contributed by atoms with Crippen LogP contribution in [0.5, 0.6) is 0 Å². The summed E-state index contributed by atoms with van der Waals surface area (Å²) in [7, 11) is 0. The van der Waals surface area contributed by atoms with Crippen LogP contribution in [0.2, 0.25) is 0 Å². The maximum Gasteiger partial charge on any atom is 0.318 e. The Morgan fingerprint density at radius 2 is 2.36 bits per heavy atom. The topological polar surface area (TPSA) is 123 Å². The zero-order valence-electron chi connectivity index (χ0n) is 7.17. The Kier molecular flexibility index (Phi) is 3.13. The van der Waals surface area contributed by atoms with Crippen LogP contribution >= 0.6 is 0 Å². The number of amides is 3. The average molecular weight is 199 g/mol. The first-order chi connectivity index (χ1) is 6.63. The first-order valence-electron chi connectivity index (χ1n) is 3.71. The number of hydrogen-bond donors (Lipinski definition) is 3. The summed E-state index contributed by atoms with van der Waals surface area (Å²) in [4.78, 5) is 21.3. The number of nitrogens with one attached hydrogen (secondary N) is 1. The van der Waals surface area contributed by atoms with Crippen molar-refractivity contribution in [1.82, 2.24) is 20.3 Å². The third-order valence-electron chi connectivity index (χ3n) is 1.42. The Balaban J connectivity index is 2.60. The molecule has 1 aromatic rings. The zero-order chi connectivity index (χ0) is 10.6. The molecule has 0 unspecified atom stereocenters. The van der Waals surface area contributed by atoms with Crippen LogP contribution in [-0.2, 0) is 17.9 Å². The van der Waals surface area contributed by atoms with Crippen molar-refractivity contribution in [2.24, 2.45) is 5.73 Å². The van der Waals surface area contributed by atoms with Crippen molar-refractivity contribution < 1.29 is 14.7 Å². The number of rotatable bonds is 3. The molecule has 0 saturated carbocycles. The summed E-state index contributed by atoms with van der Waals surface area (Å²) in [5, 5.41) is 17.6. The van der Waals surface area contributed by atoms with Gasteiger partial charge in [0.25, 0.3) is 0 Å². The van der Waals surface area contributed by atoms with Gasteiger partial charge in [0, 0.05) is 0 Å². The number of hydrogen-bond acceptors (Lipinski definition) is 5. The maximum atomic E-state index is 11.0. The van der Waals surface area contributed by atoms with Gasteiger partial charge in [0.15, 0.2) is 0 Å². The summed E-state index contributed by atoms with van der Waals surface area (Å²) in [6.07, 6.45) is 1.32. The Bertz CT molecular complexity index is 347. The van der Waals surface area contributed by atoms with E-state index in [1.807, 2.05) is 5.32 Å². The third-order valence-corrected chi connectivity index (χ3v) is 1.42. The predicted octanol–water partition coefficient (Wildman–Crippen LogP) is -2.03. The van der Waals surface area contributed by atoms with Gasteiger partial charge < -0.3 is 10.8 Å². The summed E-state index contributed by atoms with van der Waals surface area (Å²) in [6, 6.07) is -0.930. The van der Waals surface area contributed by atoms with E-state index in [2.05, 4.69) is 10.3 Å². The van der Waals surface area contributed by atoms with Crippen molar-refractivity contribution in [1.29, 1.82) is 0 Å². The van der Waals surface area contributed by atoms with Gasteiger partial charge in [0.1, 0.15) is 6.54 Å². The maximum absolute atomic E-state index is 11.0. The van der Waals surface area contributed by atoms with Gasteiger partial charge in [-0.05, 0) is 0 Å². The fraction of sp³-hybridized carbons (Fsp3) is 0.333. The Morgan fingerprint density at radius 3 is 2.93 bits per heavy atom. The highest BCUT2D eigenvalue weighted by atomic mass is 16.3. The summed E-state index contributed by atoms with van der Waals surface area (Å²) < 4.78 is 1.16. The van der Waals surface area contributed by atoms with Crippen molar-refractivity contribution in [3.05, 3.63) is 11.9 Å². The smallest absolute Gasteiger partial charge is 0.318 e. The lowest BCUT2D eigenvalue weighted by Crippen LogP contribution is -2.37. The highest BCUT2D eigenvalue weighted by molar-refractivity contribution is 5.93. The van der Waals surface area contributed by atoms with E-state index < -0.39 is 11.9 Å². The molecule has 3 amide bonds. The number of aliphatic hydroxyl groups excluding tert-OH is 1. The molecule has 0 bridgehead atoms. The van der Waals surface area contributed by atoms with Crippen molar-refractivity contribution in [3.63, 3.8) is 0 Å². The number of aliphatic hydroxyl groups is 1. The molecule has 0 radical (unpaired) electrons. The van der Waals surface area contributed by atoms with E-state index in [-0.39, 0.29) is 13.2 Å². The van der Waals surface area contributed by atoms with Gasteiger partial charge in [-0.1, -0.05) is 5.21 Å². The molecule has 76 valence electrons. The number of carbonyl (C=O) groups excluding carboxylic acids is 2. The second kappa shape index (κ2) is 4.33. The molecule has 0 fully saturated rings. The minimum absolute atomic E-state index is 0.209. The number of aromatic nitrogens is 3. The van der Waals surface area contributed by atoms with Gasteiger partial charge in [-0.2, -0.15) is 0 Å². The summed E-state index contributed by atoms with van der Waals surface area (Å²) in [5.74, 6) is -0.613. The highest BCUT2D eigenvalue weighted by Gasteiger charge is 2.09. The van der Waals surface area contributed by atoms with E-state index in [1.165, 1.54) is 6.20 Å². The number of nitrogens with two attached hydrogens (primary N) is 1. The van der Waals surface area contributed by atoms with Crippen LogP contribution < -0.4 is 11.1 Å². The van der Waals surface area contributed by atoms with Crippen LogP contribution in [0.1, 0.15) is 5.69 Å². The van der Waals surface area contributed by atoms with Crippen molar-refractivity contribution >= 4 is 11.9 Å². The van der Waals surface area contributed by atoms with E-state index in [9.17, 15) is 9.59 Å². The van der Waals surface area contributed by atoms with Crippen LogP contribution in [-0.4, -0.2) is 32.0 Å². The Morgan fingerprint density at radius 1 is 1.64 bits per heavy atom. The molecule has 1 aromatic heterocycles. The monoisotopic (exact) mass is 199 g/mol. The first kappa shape index (κ1) is 10.1. The zero-order valence-corrected chi connectivity index (χ0v) is 7.17. The molecular weight excluding hydrogens is 190 g/mol. The van der Waals surface area contributed by atoms with E-state index in [0.29, 0.717) is 5.69 Å². The number of primary amides is 1. The molecule has 8 nitrogen and oxygen atoms in total. The Labute approximate surface area is 78.7 Å². The molecule has 0 spiro atoms. The highest BCUT2D eigenvalue weighted by Crippen LogP contribution is 1.94. The van der Waals surface area contributed by atoms with Crippen molar-refractivity contribution in [2.75, 3.05) is 0 Å². The van der Waals surface area contributed by atoms with Gasteiger partial charge in [0.2, 0.25) is 5.91 Å². The summed E-state index contributed by atoms with van der Waals surface area (Å²) in [5.41, 5.74) is 5.11. The molecule has 1 rings (SSSR count). The standard InChI is InChI=1S/C6H9N5O3/c7-6(14)9-5(13)2-11-4(3-12)1-8-10-11/h1,12H,2-3H2,(H3,7,9,13,14). The lowest BCUT2D eigenvalue weighted by atomic mass is 10.5. The lowest BCUT2D eigenvalue weighted by Gasteiger charge is -2.02. The van der Waals surface area contributed by atoms with Gasteiger partial charge in [0.05, 0.1) is 18.5 Å². The van der Waals surface area contributed by atoms with Gasteiger partial charge in [-0.25, -0.2) is 9.48 Å². The molecule has 0 aromatic carbocycles. The fourth-order valence-corrected chi connectivity index (χ4v) is 0.847. The normalized spacial score (nSPS) is 9.79. The van der Waals surface area contributed by atoms with E-state index in [4.69, 9.17) is 10.8 Å². The second-order valence-electron chi connectivity index (χ2n) is 2.45. The molecule has 0 saturated heterocycles. The number of urea groups is 1. The van der Waals surface area contributed by atoms with Crippen molar-refractivity contribution in [2.45, 2.75) is 13.2 Å². The van der Waals surface area contributed by atoms with Gasteiger partial charge in [-0.15, -0.1) is 5.10 Å². The third kappa shape index (κ3) is 2.52. The minimum atomic E-state index is -0.930. The summed E-state index contributed by atoms with van der Waals surface area (Å²) in [6.45, 7) is -0.490. The number of imide groups is 1. The Hall–Kier alpha value is -1.96. The predicted molar refractivity (Wildman–Crippen MR) is 43.7 cm³/mol. The van der Waals surface area contributed by atoms with Crippen LogP contribution in [0.3, 0.4) is 0 Å². The summed E-state index contributed by atoms with van der Waals surface area (Å²) >= 11 is 0. The number of nitrogens with zero attached hydrogens (tertiary/aromatic N) is 3. The molecule has 1 heterocycles. The van der Waals surface area contributed by atoms with Gasteiger partial charge >= 0.3 is 6.03 Å². The molecular formula is C6H9N5O3. The molecule has 14 heavy (non-hydrogen) atoms. The fourth-order valence-electron chi connectivity index (χ4n) is 0.847. The molecule has 4 N–H and O–H groups in total. The molecule has 0 aliphatic heterocycles. The largest absolute Gasteiger partial charge is 0.390 e. The lowest BCUT2D eigenvalue weighted by molar-refractivity contribution is -0.120. The molecule has 0 aliphatic rings. The van der Waals surface area contributed by atoms with Crippen LogP contribution in [0.4, 0.5) is 4.79 Å². The van der Waals surface area contributed by atoms with Crippen LogP contribution in [0, 0.1) is 0 Å².